The summed E-state index contributed by atoms with van der Waals surface area (Å²) in [6.45, 7) is 0. The van der Waals surface area contributed by atoms with Gasteiger partial charge in [-0.25, -0.2) is 9.97 Å². The summed E-state index contributed by atoms with van der Waals surface area (Å²) in [5.41, 5.74) is 12.8. The van der Waals surface area contributed by atoms with Crippen molar-refractivity contribution in [3.05, 3.63) is 176 Å². The van der Waals surface area contributed by atoms with Crippen molar-refractivity contribution in [2.24, 2.45) is 0 Å². The summed E-state index contributed by atoms with van der Waals surface area (Å²) in [5, 5.41) is 7.62. The lowest BCUT2D eigenvalue weighted by Crippen LogP contribution is -1.95. The minimum atomic E-state index is 0.652. The van der Waals surface area contributed by atoms with Crippen LogP contribution in [0.3, 0.4) is 0 Å². The maximum absolute atomic E-state index is 6.50. The van der Waals surface area contributed by atoms with E-state index in [1.807, 2.05) is 48.5 Å². The van der Waals surface area contributed by atoms with E-state index in [9.17, 15) is 0 Å². The number of hydrogen-bond donors (Lipinski definition) is 0. The fourth-order valence-electron chi connectivity index (χ4n) is 8.49. The Balaban J connectivity index is 1.04. The molecule has 0 N–H and O–H groups in total. The second-order valence-electron chi connectivity index (χ2n) is 14.1. The molecule has 12 rings (SSSR count). The Bertz CT molecular complexity index is 3500. The van der Waals surface area contributed by atoms with E-state index >= 15 is 0 Å². The Hall–Kier alpha value is -7.50. The lowest BCUT2D eigenvalue weighted by Gasteiger charge is -2.10. The molecule has 5 nitrogen and oxygen atoms in total. The van der Waals surface area contributed by atoms with Crippen LogP contribution in [0, 0.1) is 0 Å². The van der Waals surface area contributed by atoms with E-state index in [4.69, 9.17) is 18.8 Å². The predicted octanol–water partition coefficient (Wildman–Crippen LogP) is 13.5. The van der Waals surface area contributed by atoms with Gasteiger partial charge in [0, 0.05) is 54.5 Å². The first-order chi connectivity index (χ1) is 27.2. The number of para-hydroxylation sites is 4. The van der Waals surface area contributed by atoms with Crippen molar-refractivity contribution in [2.45, 2.75) is 0 Å². The largest absolute Gasteiger partial charge is 0.456 e. The average molecular weight is 704 g/mol. The van der Waals surface area contributed by atoms with Crippen LogP contribution in [-0.2, 0) is 0 Å². The molecule has 0 atom stereocenters. The molecule has 0 amide bonds. The SMILES string of the molecule is c1ccc(-n2c3ccccc3c3cc(-c4ccc5oc6cccc(-c7nc(-c8ccc9oc%10ccccc%10c9c8)c8ccccc8n7)c6c5c4)ccc32)cc1. The van der Waals surface area contributed by atoms with Crippen LogP contribution >= 0.6 is 0 Å². The van der Waals surface area contributed by atoms with E-state index in [0.717, 1.165) is 88.4 Å². The molecular formula is C50H29N3O2. The van der Waals surface area contributed by atoms with Gasteiger partial charge in [0.25, 0.3) is 0 Å². The molecule has 0 aliphatic heterocycles. The summed E-state index contributed by atoms with van der Waals surface area (Å²) >= 11 is 0. The Morgan fingerprint density at radius 3 is 1.89 bits per heavy atom. The number of rotatable bonds is 4. The molecule has 0 saturated carbocycles. The highest BCUT2D eigenvalue weighted by Crippen LogP contribution is 2.41. The zero-order valence-corrected chi connectivity index (χ0v) is 29.4. The van der Waals surface area contributed by atoms with Crippen molar-refractivity contribution in [2.75, 3.05) is 0 Å². The average Bonchev–Trinajstić information content (AvgIpc) is 3.92. The number of aromatic nitrogens is 3. The van der Waals surface area contributed by atoms with Crippen molar-refractivity contribution in [3.63, 3.8) is 0 Å². The standard InChI is InChI=1S/C50H29N3O2/c1-2-11-33(12-3-1)53-42-18-8-5-13-34(42)38-27-30(21-24-43(38)53)31-22-25-46-40(28-31)48-37(16-10-20-47(48)55-46)50-51-41-17-7-4-15-36(41)49(52-50)32-23-26-45-39(29-32)35-14-6-9-19-44(35)54-45/h1-29H. The van der Waals surface area contributed by atoms with Crippen LogP contribution in [0.1, 0.15) is 0 Å². The Labute approximate surface area is 314 Å². The summed E-state index contributed by atoms with van der Waals surface area (Å²) in [6.07, 6.45) is 0. The van der Waals surface area contributed by atoms with Crippen LogP contribution in [0.5, 0.6) is 0 Å². The zero-order chi connectivity index (χ0) is 36.0. The zero-order valence-electron chi connectivity index (χ0n) is 29.4. The fraction of sp³-hybridized carbons (Fsp3) is 0. The third kappa shape index (κ3) is 4.53. The lowest BCUT2D eigenvalue weighted by atomic mass is 9.99. The summed E-state index contributed by atoms with van der Waals surface area (Å²) in [4.78, 5) is 10.5. The molecule has 256 valence electrons. The van der Waals surface area contributed by atoms with Crippen LogP contribution in [0.15, 0.2) is 185 Å². The van der Waals surface area contributed by atoms with Gasteiger partial charge in [0.2, 0.25) is 0 Å². The minimum absolute atomic E-state index is 0.652. The molecule has 0 unspecified atom stereocenters. The fourth-order valence-corrected chi connectivity index (χ4v) is 8.49. The maximum atomic E-state index is 6.50. The second kappa shape index (κ2) is 11.5. The van der Waals surface area contributed by atoms with Gasteiger partial charge in [-0.3, -0.25) is 0 Å². The summed E-state index contributed by atoms with van der Waals surface area (Å²) in [6, 6.07) is 61.4. The number of benzene rings is 8. The normalized spacial score (nSPS) is 12.0. The van der Waals surface area contributed by atoms with Gasteiger partial charge in [-0.15, -0.1) is 0 Å². The molecule has 0 radical (unpaired) electrons. The van der Waals surface area contributed by atoms with Crippen LogP contribution in [0.4, 0.5) is 0 Å². The Kier molecular flexibility index (Phi) is 6.27. The monoisotopic (exact) mass is 703 g/mol. The van der Waals surface area contributed by atoms with Crippen LogP contribution in [0.25, 0.3) is 116 Å². The van der Waals surface area contributed by atoms with Crippen molar-refractivity contribution < 1.29 is 8.83 Å². The summed E-state index contributed by atoms with van der Waals surface area (Å²) < 4.78 is 15.0. The van der Waals surface area contributed by atoms with Crippen molar-refractivity contribution in [3.8, 4) is 39.5 Å². The van der Waals surface area contributed by atoms with Gasteiger partial charge >= 0.3 is 0 Å². The van der Waals surface area contributed by atoms with E-state index in [2.05, 4.69) is 132 Å². The first-order valence-corrected chi connectivity index (χ1v) is 18.5. The van der Waals surface area contributed by atoms with Gasteiger partial charge in [0.05, 0.1) is 22.2 Å². The highest BCUT2D eigenvalue weighted by atomic mass is 16.3. The smallest absolute Gasteiger partial charge is 0.161 e. The minimum Gasteiger partial charge on any atom is -0.456 e. The summed E-state index contributed by atoms with van der Waals surface area (Å²) in [7, 11) is 0. The van der Waals surface area contributed by atoms with Gasteiger partial charge in [0.1, 0.15) is 22.3 Å². The molecule has 5 heteroatoms. The van der Waals surface area contributed by atoms with Crippen molar-refractivity contribution in [1.29, 1.82) is 0 Å². The molecule has 0 saturated heterocycles. The van der Waals surface area contributed by atoms with Gasteiger partial charge < -0.3 is 13.4 Å². The molecule has 55 heavy (non-hydrogen) atoms. The van der Waals surface area contributed by atoms with Crippen LogP contribution in [-0.4, -0.2) is 14.5 Å². The topological polar surface area (TPSA) is 57.0 Å². The molecule has 0 aliphatic carbocycles. The third-order valence-corrected chi connectivity index (χ3v) is 11.0. The molecule has 0 aliphatic rings. The van der Waals surface area contributed by atoms with Crippen molar-refractivity contribution >= 4 is 76.6 Å². The molecule has 4 aromatic heterocycles. The number of furan rings is 2. The molecular weight excluding hydrogens is 675 g/mol. The quantitative estimate of drug-likeness (QED) is 0.183. The molecule has 12 aromatic rings. The van der Waals surface area contributed by atoms with E-state index in [1.54, 1.807) is 0 Å². The number of nitrogens with zero attached hydrogens (tertiary/aromatic N) is 3. The first kappa shape index (κ1) is 30.0. The lowest BCUT2D eigenvalue weighted by molar-refractivity contribution is 0.668. The third-order valence-electron chi connectivity index (χ3n) is 11.0. The van der Waals surface area contributed by atoms with E-state index in [-0.39, 0.29) is 0 Å². The van der Waals surface area contributed by atoms with Crippen molar-refractivity contribution in [1.82, 2.24) is 14.5 Å². The van der Waals surface area contributed by atoms with Crippen LogP contribution in [0.2, 0.25) is 0 Å². The van der Waals surface area contributed by atoms with Gasteiger partial charge in [-0.05, 0) is 90.0 Å². The van der Waals surface area contributed by atoms with E-state index < -0.39 is 0 Å². The van der Waals surface area contributed by atoms with E-state index in [0.29, 0.717) is 5.82 Å². The number of hydrogen-bond acceptors (Lipinski definition) is 4. The first-order valence-electron chi connectivity index (χ1n) is 18.5. The number of fused-ring (bicyclic) bond motifs is 10. The molecule has 0 spiro atoms. The van der Waals surface area contributed by atoms with E-state index in [1.165, 1.54) is 21.8 Å². The van der Waals surface area contributed by atoms with Gasteiger partial charge in [-0.2, -0.15) is 0 Å². The maximum Gasteiger partial charge on any atom is 0.161 e. The van der Waals surface area contributed by atoms with Gasteiger partial charge in [0.15, 0.2) is 5.82 Å². The Morgan fingerprint density at radius 2 is 1.00 bits per heavy atom. The second-order valence-corrected chi connectivity index (χ2v) is 14.1. The highest BCUT2D eigenvalue weighted by molar-refractivity contribution is 6.14. The molecule has 4 heterocycles. The Morgan fingerprint density at radius 1 is 0.382 bits per heavy atom. The summed E-state index contributed by atoms with van der Waals surface area (Å²) in [5.74, 6) is 0.652. The van der Waals surface area contributed by atoms with Gasteiger partial charge in [-0.1, -0.05) is 97.1 Å². The molecule has 0 bridgehead atoms. The molecule has 0 fully saturated rings. The highest BCUT2D eigenvalue weighted by Gasteiger charge is 2.19. The predicted molar refractivity (Wildman–Crippen MR) is 225 cm³/mol. The molecule has 8 aromatic carbocycles. The van der Waals surface area contributed by atoms with Crippen LogP contribution < -0.4 is 0 Å².